The fourth-order valence-electron chi connectivity index (χ4n) is 3.41. The highest BCUT2D eigenvalue weighted by molar-refractivity contribution is 6.00. The van der Waals surface area contributed by atoms with E-state index in [9.17, 15) is 9.59 Å². The van der Waals surface area contributed by atoms with E-state index in [0.717, 1.165) is 31.4 Å². The van der Waals surface area contributed by atoms with Crippen molar-refractivity contribution in [2.75, 3.05) is 19.7 Å². The molecule has 2 amide bonds. The quantitative estimate of drug-likeness (QED) is 0.524. The van der Waals surface area contributed by atoms with Crippen LogP contribution in [0.1, 0.15) is 32.6 Å². The van der Waals surface area contributed by atoms with Gasteiger partial charge in [0.05, 0.1) is 19.1 Å². The molecule has 0 aromatic heterocycles. The van der Waals surface area contributed by atoms with Crippen molar-refractivity contribution in [2.45, 2.75) is 51.0 Å². The number of hydrogen-bond acceptors (Lipinski definition) is 5. The van der Waals surface area contributed by atoms with Crippen LogP contribution in [0.15, 0.2) is 11.1 Å². The Morgan fingerprint density at radius 1 is 1.39 bits per heavy atom. The number of carbonyl (C=O) groups excluding carboxylic acids is 2. The topological polar surface area (TPSA) is 99.7 Å². The average molecular weight is 323 g/mol. The molecule has 3 atom stereocenters. The number of amides is 2. The van der Waals surface area contributed by atoms with E-state index >= 15 is 0 Å². The van der Waals surface area contributed by atoms with Crippen molar-refractivity contribution in [3.8, 4) is 0 Å². The van der Waals surface area contributed by atoms with Gasteiger partial charge in [-0.25, -0.2) is 0 Å². The summed E-state index contributed by atoms with van der Waals surface area (Å²) < 4.78 is 6.07. The van der Waals surface area contributed by atoms with Crippen molar-refractivity contribution >= 4 is 11.8 Å². The van der Waals surface area contributed by atoms with Crippen molar-refractivity contribution in [1.82, 2.24) is 16.0 Å². The lowest BCUT2D eigenvalue weighted by Gasteiger charge is -2.43. The Morgan fingerprint density at radius 2 is 2.17 bits per heavy atom. The maximum atomic E-state index is 12.4. The Bertz CT molecular complexity index is 515. The first-order valence-corrected chi connectivity index (χ1v) is 8.37. The van der Waals surface area contributed by atoms with E-state index in [1.54, 1.807) is 0 Å². The third kappa shape index (κ3) is 3.73. The van der Waals surface area contributed by atoms with E-state index in [1.165, 1.54) is 0 Å². The normalized spacial score (nSPS) is 30.7. The summed E-state index contributed by atoms with van der Waals surface area (Å²) in [6, 6.07) is 0.0664. The fraction of sp³-hybridized carbons (Fsp3) is 0.750. The summed E-state index contributed by atoms with van der Waals surface area (Å²) >= 11 is 0. The zero-order valence-corrected chi connectivity index (χ0v) is 13.4. The molecular weight excluding hydrogens is 298 g/mol. The number of carbonyl (C=O) groups is 2. The molecule has 128 valence electrons. The molecule has 0 spiro atoms. The molecule has 7 heteroatoms. The molecule has 0 bridgehead atoms. The summed E-state index contributed by atoms with van der Waals surface area (Å²) in [5.41, 5.74) is 1.46. The lowest BCUT2D eigenvalue weighted by atomic mass is 9.79. The van der Waals surface area contributed by atoms with Gasteiger partial charge in [-0.15, -0.1) is 0 Å². The first-order valence-electron chi connectivity index (χ1n) is 8.37. The van der Waals surface area contributed by atoms with Crippen LogP contribution in [0.3, 0.4) is 0 Å². The second-order valence-corrected chi connectivity index (χ2v) is 6.52. The Morgan fingerprint density at radius 3 is 2.87 bits per heavy atom. The van der Waals surface area contributed by atoms with Crippen LogP contribution in [0.25, 0.3) is 0 Å². The monoisotopic (exact) mass is 323 g/mol. The Balaban J connectivity index is 1.76. The van der Waals surface area contributed by atoms with Crippen LogP contribution in [0.2, 0.25) is 0 Å². The second-order valence-electron chi connectivity index (χ2n) is 6.52. The van der Waals surface area contributed by atoms with Crippen molar-refractivity contribution in [3.63, 3.8) is 0 Å². The molecule has 4 N–H and O–H groups in total. The molecule has 2 heterocycles. The van der Waals surface area contributed by atoms with Gasteiger partial charge in [0.1, 0.15) is 6.23 Å². The SMILES string of the molecule is CC1=C(CC(=O)NCCO)C(=O)NC2CCNC(OC3CC3)C12. The minimum absolute atomic E-state index is 0.0387. The van der Waals surface area contributed by atoms with Crippen molar-refractivity contribution in [2.24, 2.45) is 5.92 Å². The fourth-order valence-corrected chi connectivity index (χ4v) is 3.41. The number of ether oxygens (including phenoxy) is 1. The molecular formula is C16H25N3O4. The molecule has 3 unspecified atom stereocenters. The van der Waals surface area contributed by atoms with Gasteiger partial charge in [0.2, 0.25) is 11.8 Å². The molecule has 3 rings (SSSR count). The molecule has 7 nitrogen and oxygen atoms in total. The number of hydrogen-bond donors (Lipinski definition) is 4. The van der Waals surface area contributed by atoms with Crippen LogP contribution < -0.4 is 16.0 Å². The lowest BCUT2D eigenvalue weighted by molar-refractivity contribution is -0.125. The van der Waals surface area contributed by atoms with Gasteiger partial charge >= 0.3 is 0 Å². The van der Waals surface area contributed by atoms with Gasteiger partial charge < -0.3 is 20.5 Å². The van der Waals surface area contributed by atoms with Gasteiger partial charge in [-0.3, -0.25) is 14.9 Å². The van der Waals surface area contributed by atoms with E-state index in [-0.39, 0.29) is 49.6 Å². The van der Waals surface area contributed by atoms with Gasteiger partial charge in [0.25, 0.3) is 0 Å². The maximum absolute atomic E-state index is 12.4. The summed E-state index contributed by atoms with van der Waals surface area (Å²) in [5.74, 6) is -0.330. The molecule has 1 aliphatic carbocycles. The first-order chi connectivity index (χ1) is 11.1. The number of rotatable bonds is 6. The highest BCUT2D eigenvalue weighted by atomic mass is 16.5. The molecule has 2 aliphatic heterocycles. The molecule has 1 saturated carbocycles. The molecule has 23 heavy (non-hydrogen) atoms. The predicted octanol–water partition coefficient (Wildman–Crippen LogP) is -0.585. The third-order valence-electron chi connectivity index (χ3n) is 4.76. The van der Waals surface area contributed by atoms with Crippen LogP contribution in [0, 0.1) is 5.92 Å². The largest absolute Gasteiger partial charge is 0.395 e. The van der Waals surface area contributed by atoms with Crippen molar-refractivity contribution in [1.29, 1.82) is 0 Å². The van der Waals surface area contributed by atoms with E-state index < -0.39 is 0 Å². The van der Waals surface area contributed by atoms with Gasteiger partial charge in [-0.05, 0) is 32.7 Å². The molecule has 0 aromatic rings. The van der Waals surface area contributed by atoms with Crippen LogP contribution in [-0.4, -0.2) is 55.0 Å². The van der Waals surface area contributed by atoms with Crippen LogP contribution in [-0.2, 0) is 14.3 Å². The molecule has 0 aromatic carbocycles. The molecule has 2 fully saturated rings. The Hall–Kier alpha value is -1.44. The maximum Gasteiger partial charge on any atom is 0.247 e. The van der Waals surface area contributed by atoms with E-state index in [4.69, 9.17) is 9.84 Å². The van der Waals surface area contributed by atoms with Gasteiger partial charge in [-0.1, -0.05) is 5.57 Å². The number of aliphatic hydroxyl groups is 1. The molecule has 0 radical (unpaired) electrons. The Kier molecular flexibility index (Phi) is 4.99. The standard InChI is InChI=1S/C16H25N3O4/c1-9-11(8-13(21)17-6-7-20)15(22)19-12-4-5-18-16(14(9)12)23-10-2-3-10/h10,12,14,16,18,20H,2-8H2,1H3,(H,17,21)(H,19,22). The number of aliphatic hydroxyl groups excluding tert-OH is 1. The summed E-state index contributed by atoms with van der Waals surface area (Å²) in [5, 5.41) is 17.8. The summed E-state index contributed by atoms with van der Waals surface area (Å²) in [4.78, 5) is 24.3. The van der Waals surface area contributed by atoms with E-state index in [2.05, 4.69) is 16.0 Å². The zero-order valence-electron chi connectivity index (χ0n) is 13.4. The van der Waals surface area contributed by atoms with E-state index in [0.29, 0.717) is 11.7 Å². The van der Waals surface area contributed by atoms with Gasteiger partial charge in [0.15, 0.2) is 0 Å². The zero-order chi connectivity index (χ0) is 16.4. The molecule has 1 saturated heterocycles. The van der Waals surface area contributed by atoms with Crippen molar-refractivity contribution < 1.29 is 19.4 Å². The minimum atomic E-state index is -0.245. The van der Waals surface area contributed by atoms with Crippen LogP contribution >= 0.6 is 0 Å². The number of piperidine rings is 1. The lowest BCUT2D eigenvalue weighted by Crippen LogP contribution is -2.59. The minimum Gasteiger partial charge on any atom is -0.395 e. The summed E-state index contributed by atoms with van der Waals surface area (Å²) in [6.45, 7) is 2.84. The van der Waals surface area contributed by atoms with Crippen molar-refractivity contribution in [3.05, 3.63) is 11.1 Å². The highest BCUT2D eigenvalue weighted by Crippen LogP contribution is 2.35. The van der Waals surface area contributed by atoms with E-state index in [1.807, 2.05) is 6.92 Å². The predicted molar refractivity (Wildman–Crippen MR) is 83.3 cm³/mol. The average Bonchev–Trinajstić information content (AvgIpc) is 3.33. The third-order valence-corrected chi connectivity index (χ3v) is 4.76. The van der Waals surface area contributed by atoms with Crippen LogP contribution in [0.4, 0.5) is 0 Å². The highest BCUT2D eigenvalue weighted by Gasteiger charge is 2.43. The number of fused-ring (bicyclic) bond motifs is 1. The van der Waals surface area contributed by atoms with Gasteiger partial charge in [-0.2, -0.15) is 0 Å². The smallest absolute Gasteiger partial charge is 0.247 e. The first kappa shape index (κ1) is 16.4. The summed E-state index contributed by atoms with van der Waals surface area (Å²) in [6.07, 6.45) is 3.33. The summed E-state index contributed by atoms with van der Waals surface area (Å²) in [7, 11) is 0. The van der Waals surface area contributed by atoms with Crippen LogP contribution in [0.5, 0.6) is 0 Å². The second kappa shape index (κ2) is 6.98. The Labute approximate surface area is 135 Å². The number of nitrogens with one attached hydrogen (secondary N) is 3. The van der Waals surface area contributed by atoms with Gasteiger partial charge in [0, 0.05) is 24.1 Å². The molecule has 3 aliphatic rings.